The Balaban J connectivity index is 1.14. The SMILES string of the molecule is C[C@]12CCC(=O)C[C@@H]1CC[C@@H]1[C@@H]2CC[C@]2(C)[C@H](OC(=O)CCC(=O)N[C@@H](Cc3ccccc3)C(=O)O)CC[C@@H]12. The maximum absolute atomic E-state index is 12.8. The minimum Gasteiger partial charge on any atom is -0.480 e. The number of esters is 1. The molecule has 7 heteroatoms. The van der Waals surface area contributed by atoms with E-state index in [0.29, 0.717) is 29.5 Å². The Hall–Kier alpha value is -2.70. The van der Waals surface area contributed by atoms with Crippen LogP contribution in [0.1, 0.15) is 90.0 Å². The highest BCUT2D eigenvalue weighted by Crippen LogP contribution is 2.66. The first-order chi connectivity index (χ1) is 18.6. The van der Waals surface area contributed by atoms with Crippen molar-refractivity contribution in [1.82, 2.24) is 5.32 Å². The molecule has 5 rings (SSSR count). The Bertz CT molecular complexity index is 1100. The number of hydrogen-bond donors (Lipinski definition) is 2. The van der Waals surface area contributed by atoms with Gasteiger partial charge < -0.3 is 15.2 Å². The number of amides is 1. The second-order valence-corrected chi connectivity index (χ2v) is 13.1. The van der Waals surface area contributed by atoms with Gasteiger partial charge >= 0.3 is 11.9 Å². The first-order valence-electron chi connectivity index (χ1n) is 14.9. The normalized spacial score (nSPS) is 36.2. The molecule has 0 aliphatic heterocycles. The zero-order valence-electron chi connectivity index (χ0n) is 23.3. The van der Waals surface area contributed by atoms with Crippen molar-refractivity contribution in [3.63, 3.8) is 0 Å². The zero-order valence-corrected chi connectivity index (χ0v) is 23.3. The lowest BCUT2D eigenvalue weighted by atomic mass is 9.45. The average Bonchev–Trinajstić information content (AvgIpc) is 3.24. The van der Waals surface area contributed by atoms with Gasteiger partial charge in [0.25, 0.3) is 0 Å². The molecular formula is C32H43NO6. The number of rotatable bonds is 8. The van der Waals surface area contributed by atoms with Crippen LogP contribution in [0.2, 0.25) is 0 Å². The van der Waals surface area contributed by atoms with Crippen LogP contribution in [0, 0.1) is 34.5 Å². The summed E-state index contributed by atoms with van der Waals surface area (Å²) < 4.78 is 6.03. The van der Waals surface area contributed by atoms with Crippen molar-refractivity contribution in [3.05, 3.63) is 35.9 Å². The number of aliphatic carboxylic acids is 1. The van der Waals surface area contributed by atoms with Crippen LogP contribution in [0.4, 0.5) is 0 Å². The van der Waals surface area contributed by atoms with Crippen LogP contribution in [-0.4, -0.2) is 40.9 Å². The van der Waals surface area contributed by atoms with Crippen LogP contribution in [0.3, 0.4) is 0 Å². The highest BCUT2D eigenvalue weighted by atomic mass is 16.5. The number of nitrogens with one attached hydrogen (secondary N) is 1. The van der Waals surface area contributed by atoms with Gasteiger partial charge in [0, 0.05) is 31.1 Å². The topological polar surface area (TPSA) is 110 Å². The first-order valence-corrected chi connectivity index (χ1v) is 14.9. The summed E-state index contributed by atoms with van der Waals surface area (Å²) in [5.41, 5.74) is 1.04. The molecule has 0 radical (unpaired) electrons. The standard InChI is InChI=1S/C32H43NO6/c1-31-16-14-22(34)19-21(31)8-9-23-24-10-11-27(32(24,2)17-15-25(23)31)39-29(36)13-12-28(35)33-26(30(37)38)18-20-6-4-3-5-7-20/h3-7,21,23-27H,8-19H2,1-2H3,(H,33,35)(H,37,38)/t21-,23-,24-,25-,26-,27+,31-,32-/m0/s1. The van der Waals surface area contributed by atoms with Gasteiger partial charge in [-0.25, -0.2) is 4.79 Å². The lowest BCUT2D eigenvalue weighted by Gasteiger charge is -2.60. The van der Waals surface area contributed by atoms with Gasteiger partial charge in [0.1, 0.15) is 17.9 Å². The van der Waals surface area contributed by atoms with E-state index in [2.05, 4.69) is 19.2 Å². The van der Waals surface area contributed by atoms with Gasteiger partial charge in [-0.15, -0.1) is 0 Å². The maximum Gasteiger partial charge on any atom is 0.326 e. The number of carbonyl (C=O) groups is 4. The van der Waals surface area contributed by atoms with Gasteiger partial charge in [-0.05, 0) is 79.6 Å². The number of Topliss-reactive ketones (excluding diaryl/α,β-unsaturated/α-hetero) is 1. The highest BCUT2D eigenvalue weighted by molar-refractivity contribution is 5.86. The molecule has 0 saturated heterocycles. The lowest BCUT2D eigenvalue weighted by Crippen LogP contribution is -2.54. The number of hydrogen-bond acceptors (Lipinski definition) is 5. The fourth-order valence-corrected chi connectivity index (χ4v) is 8.94. The van der Waals surface area contributed by atoms with Gasteiger partial charge in [-0.3, -0.25) is 14.4 Å². The molecule has 4 aliphatic rings. The fraction of sp³-hybridized carbons (Fsp3) is 0.688. The predicted octanol–water partition coefficient (Wildman–Crippen LogP) is 5.10. The molecule has 0 unspecified atom stereocenters. The van der Waals surface area contributed by atoms with Crippen LogP contribution in [-0.2, 0) is 30.3 Å². The van der Waals surface area contributed by atoms with Crippen LogP contribution in [0.5, 0.6) is 0 Å². The number of benzene rings is 1. The van der Waals surface area contributed by atoms with Crippen molar-refractivity contribution >= 4 is 23.6 Å². The lowest BCUT2D eigenvalue weighted by molar-refractivity contribution is -0.164. The van der Waals surface area contributed by atoms with Crippen molar-refractivity contribution in [2.45, 2.75) is 103 Å². The minimum atomic E-state index is -1.10. The molecule has 2 N–H and O–H groups in total. The summed E-state index contributed by atoms with van der Waals surface area (Å²) in [7, 11) is 0. The summed E-state index contributed by atoms with van der Waals surface area (Å²) in [4.78, 5) is 49.2. The minimum absolute atomic E-state index is 0.0448. The summed E-state index contributed by atoms with van der Waals surface area (Å²) in [5.74, 6) is 0.841. The fourth-order valence-electron chi connectivity index (χ4n) is 8.94. The van der Waals surface area contributed by atoms with E-state index < -0.39 is 17.9 Å². The summed E-state index contributed by atoms with van der Waals surface area (Å²) in [6.45, 7) is 4.74. The third-order valence-corrected chi connectivity index (χ3v) is 11.1. The van der Waals surface area contributed by atoms with Crippen LogP contribution < -0.4 is 5.32 Å². The summed E-state index contributed by atoms with van der Waals surface area (Å²) in [5, 5.41) is 12.1. The number of carboxylic acid groups (broad SMARTS) is 1. The Labute approximate surface area is 231 Å². The van der Waals surface area contributed by atoms with E-state index in [9.17, 15) is 24.3 Å². The molecule has 4 saturated carbocycles. The van der Waals surface area contributed by atoms with Crippen molar-refractivity contribution in [2.24, 2.45) is 34.5 Å². The van der Waals surface area contributed by atoms with Crippen LogP contribution in [0.15, 0.2) is 30.3 Å². The highest BCUT2D eigenvalue weighted by Gasteiger charge is 2.61. The summed E-state index contributed by atoms with van der Waals surface area (Å²) in [6.07, 6.45) is 8.82. The molecule has 1 amide bonds. The molecule has 0 bridgehead atoms. The maximum atomic E-state index is 12.8. The van der Waals surface area contributed by atoms with E-state index in [-0.39, 0.29) is 42.2 Å². The predicted molar refractivity (Wildman–Crippen MR) is 146 cm³/mol. The molecule has 39 heavy (non-hydrogen) atoms. The molecule has 4 aliphatic carbocycles. The molecule has 1 aromatic rings. The third-order valence-electron chi connectivity index (χ3n) is 11.1. The van der Waals surface area contributed by atoms with Crippen LogP contribution >= 0.6 is 0 Å². The third kappa shape index (κ3) is 5.51. The van der Waals surface area contributed by atoms with Crippen molar-refractivity contribution in [2.75, 3.05) is 0 Å². The van der Waals surface area contributed by atoms with Crippen molar-refractivity contribution in [3.8, 4) is 0 Å². The second-order valence-electron chi connectivity index (χ2n) is 13.1. The number of carbonyl (C=O) groups excluding carboxylic acids is 3. The van der Waals surface area contributed by atoms with Gasteiger partial charge in [0.05, 0.1) is 6.42 Å². The van der Waals surface area contributed by atoms with Crippen molar-refractivity contribution in [1.29, 1.82) is 0 Å². The van der Waals surface area contributed by atoms with Crippen LogP contribution in [0.25, 0.3) is 0 Å². The van der Waals surface area contributed by atoms with E-state index >= 15 is 0 Å². The summed E-state index contributed by atoms with van der Waals surface area (Å²) >= 11 is 0. The Morgan fingerprint density at radius 2 is 1.72 bits per heavy atom. The van der Waals surface area contributed by atoms with E-state index in [0.717, 1.165) is 56.9 Å². The largest absolute Gasteiger partial charge is 0.480 e. The molecule has 8 atom stereocenters. The number of fused-ring (bicyclic) bond motifs is 5. The quantitative estimate of drug-likeness (QED) is 0.447. The number of ether oxygens (including phenoxy) is 1. The van der Waals surface area contributed by atoms with E-state index in [1.54, 1.807) is 0 Å². The molecule has 7 nitrogen and oxygen atoms in total. The Morgan fingerprint density at radius 3 is 2.46 bits per heavy atom. The van der Waals surface area contributed by atoms with Gasteiger partial charge in [0.2, 0.25) is 5.91 Å². The molecule has 0 heterocycles. The number of ketones is 1. The average molecular weight is 538 g/mol. The Morgan fingerprint density at radius 1 is 0.974 bits per heavy atom. The molecule has 0 spiro atoms. The summed E-state index contributed by atoms with van der Waals surface area (Å²) in [6, 6.07) is 8.12. The smallest absolute Gasteiger partial charge is 0.326 e. The van der Waals surface area contributed by atoms with E-state index in [1.165, 1.54) is 6.42 Å². The van der Waals surface area contributed by atoms with Gasteiger partial charge in [-0.1, -0.05) is 44.2 Å². The van der Waals surface area contributed by atoms with E-state index in [4.69, 9.17) is 4.74 Å². The molecule has 0 aromatic heterocycles. The van der Waals surface area contributed by atoms with Gasteiger partial charge in [-0.2, -0.15) is 0 Å². The van der Waals surface area contributed by atoms with E-state index in [1.807, 2.05) is 30.3 Å². The molecular weight excluding hydrogens is 494 g/mol. The first kappa shape index (κ1) is 27.9. The number of carboxylic acids is 1. The van der Waals surface area contributed by atoms with Crippen molar-refractivity contribution < 1.29 is 29.0 Å². The zero-order chi connectivity index (χ0) is 27.8. The van der Waals surface area contributed by atoms with Gasteiger partial charge in [0.15, 0.2) is 0 Å². The molecule has 4 fully saturated rings. The second kappa shape index (κ2) is 11.1. The monoisotopic (exact) mass is 537 g/mol. The molecule has 212 valence electrons. The Kier molecular flexibility index (Phi) is 7.89. The molecule has 1 aromatic carbocycles.